The van der Waals surface area contributed by atoms with Gasteiger partial charge in [0.25, 0.3) is 0 Å². The van der Waals surface area contributed by atoms with Crippen LogP contribution in [0.5, 0.6) is 0 Å². The van der Waals surface area contributed by atoms with Crippen LogP contribution < -0.4 is 4.90 Å². The second kappa shape index (κ2) is 5.27. The number of carboxylic acid groups (broad SMARTS) is 1. The molecule has 1 aromatic rings. The maximum absolute atomic E-state index is 12.3. The number of rotatable bonds is 2. The second-order valence-corrected chi connectivity index (χ2v) is 5.90. The number of nitrogens with zero attached hydrogens (tertiary/aromatic N) is 1. The highest BCUT2D eigenvalue weighted by atomic mass is 16.4. The first-order valence-corrected chi connectivity index (χ1v) is 6.94. The predicted molar refractivity (Wildman–Crippen MR) is 77.8 cm³/mol. The summed E-state index contributed by atoms with van der Waals surface area (Å²) in [7, 11) is 0. The summed E-state index contributed by atoms with van der Waals surface area (Å²) in [6.07, 6.45) is 0.286. The van der Waals surface area contributed by atoms with Crippen LogP contribution in [0.2, 0.25) is 0 Å². The quantitative estimate of drug-likeness (QED) is 0.903. The highest BCUT2D eigenvalue weighted by molar-refractivity contribution is 5.96. The summed E-state index contributed by atoms with van der Waals surface area (Å²) >= 11 is 0. The van der Waals surface area contributed by atoms with E-state index in [1.54, 1.807) is 4.90 Å². The fourth-order valence-electron chi connectivity index (χ4n) is 3.28. The zero-order chi connectivity index (χ0) is 15.0. The van der Waals surface area contributed by atoms with Crippen molar-refractivity contribution in [3.8, 4) is 0 Å². The van der Waals surface area contributed by atoms with E-state index in [0.29, 0.717) is 0 Å². The number of carboxylic acids is 1. The number of hydrogen-bond donors (Lipinski definition) is 1. The Morgan fingerprint density at radius 2 is 1.75 bits per heavy atom. The van der Waals surface area contributed by atoms with Crippen molar-refractivity contribution in [1.29, 1.82) is 0 Å². The van der Waals surface area contributed by atoms with E-state index in [0.717, 1.165) is 16.8 Å². The molecule has 4 nitrogen and oxygen atoms in total. The molecule has 1 heterocycles. The summed E-state index contributed by atoms with van der Waals surface area (Å²) in [6, 6.07) is 5.59. The Kier molecular flexibility index (Phi) is 3.84. The Morgan fingerprint density at radius 1 is 1.20 bits per heavy atom. The van der Waals surface area contributed by atoms with Gasteiger partial charge in [0.1, 0.15) is 0 Å². The molecule has 1 fully saturated rings. The topological polar surface area (TPSA) is 57.6 Å². The number of anilines is 1. The maximum atomic E-state index is 12.3. The van der Waals surface area contributed by atoms with Crippen molar-refractivity contribution >= 4 is 17.6 Å². The molecule has 20 heavy (non-hydrogen) atoms. The standard InChI is InChI=1S/C16H21NO3/c1-9-5-10(2)7-13(6-9)17-12(4)15(16(19)20)11(3)8-14(17)18/h5-7,11-12,15H,8H2,1-4H3,(H,19,20). The van der Waals surface area contributed by atoms with E-state index in [9.17, 15) is 14.7 Å². The number of carbonyl (C=O) groups excluding carboxylic acids is 1. The molecular weight excluding hydrogens is 254 g/mol. The lowest BCUT2D eigenvalue weighted by molar-refractivity contribution is -0.146. The Morgan fingerprint density at radius 3 is 2.25 bits per heavy atom. The van der Waals surface area contributed by atoms with Crippen molar-refractivity contribution in [1.82, 2.24) is 0 Å². The second-order valence-electron chi connectivity index (χ2n) is 5.90. The lowest BCUT2D eigenvalue weighted by Crippen LogP contribution is -2.53. The number of carbonyl (C=O) groups is 2. The summed E-state index contributed by atoms with van der Waals surface area (Å²) in [5, 5.41) is 9.40. The lowest BCUT2D eigenvalue weighted by atomic mass is 9.80. The molecule has 1 aliphatic rings. The summed E-state index contributed by atoms with van der Waals surface area (Å²) in [6.45, 7) is 7.62. The molecule has 0 radical (unpaired) electrons. The Labute approximate surface area is 119 Å². The Hall–Kier alpha value is -1.84. The molecule has 108 valence electrons. The Bertz CT molecular complexity index is 532. The van der Waals surface area contributed by atoms with Gasteiger partial charge in [-0.05, 0) is 49.9 Å². The zero-order valence-corrected chi connectivity index (χ0v) is 12.4. The third-order valence-electron chi connectivity index (χ3n) is 4.08. The van der Waals surface area contributed by atoms with Gasteiger partial charge in [-0.15, -0.1) is 0 Å². The van der Waals surface area contributed by atoms with Crippen LogP contribution in [0, 0.1) is 25.7 Å². The van der Waals surface area contributed by atoms with Gasteiger partial charge < -0.3 is 10.0 Å². The van der Waals surface area contributed by atoms with Gasteiger partial charge in [0.05, 0.1) is 5.92 Å². The van der Waals surface area contributed by atoms with Crippen molar-refractivity contribution in [3.05, 3.63) is 29.3 Å². The predicted octanol–water partition coefficient (Wildman–Crippen LogP) is 2.77. The molecule has 0 spiro atoms. The SMILES string of the molecule is Cc1cc(C)cc(N2C(=O)CC(C)C(C(=O)O)C2C)c1. The summed E-state index contributed by atoms with van der Waals surface area (Å²) < 4.78 is 0. The molecule has 4 heteroatoms. The first-order chi connectivity index (χ1) is 9.31. The molecule has 3 unspecified atom stereocenters. The van der Waals surface area contributed by atoms with Crippen LogP contribution in [0.1, 0.15) is 31.4 Å². The normalized spacial score (nSPS) is 26.7. The van der Waals surface area contributed by atoms with Gasteiger partial charge in [0, 0.05) is 18.2 Å². The average molecular weight is 275 g/mol. The molecule has 0 aliphatic carbocycles. The molecule has 0 saturated carbocycles. The first-order valence-electron chi connectivity index (χ1n) is 6.94. The molecule has 0 aromatic heterocycles. The van der Waals surface area contributed by atoms with Crippen LogP contribution in [0.3, 0.4) is 0 Å². The van der Waals surface area contributed by atoms with Crippen LogP contribution in [0.25, 0.3) is 0 Å². The summed E-state index contributed by atoms with van der Waals surface area (Å²) in [5.74, 6) is -1.47. The minimum atomic E-state index is -0.827. The summed E-state index contributed by atoms with van der Waals surface area (Å²) in [5.41, 5.74) is 2.95. The largest absolute Gasteiger partial charge is 0.481 e. The lowest BCUT2D eigenvalue weighted by Gasteiger charge is -2.40. The number of piperidine rings is 1. The summed E-state index contributed by atoms with van der Waals surface area (Å²) in [4.78, 5) is 25.4. The van der Waals surface area contributed by atoms with Crippen molar-refractivity contribution in [3.63, 3.8) is 0 Å². The third kappa shape index (κ3) is 2.55. The van der Waals surface area contributed by atoms with E-state index in [2.05, 4.69) is 0 Å². The van der Waals surface area contributed by atoms with Gasteiger partial charge in [0.2, 0.25) is 5.91 Å². The number of aryl methyl sites for hydroxylation is 2. The minimum absolute atomic E-state index is 0.00694. The molecular formula is C16H21NO3. The van der Waals surface area contributed by atoms with E-state index in [-0.39, 0.29) is 24.3 Å². The van der Waals surface area contributed by atoms with Crippen molar-refractivity contribution in [2.45, 2.75) is 40.2 Å². The fraction of sp³-hybridized carbons (Fsp3) is 0.500. The van der Waals surface area contributed by atoms with Gasteiger partial charge in [-0.2, -0.15) is 0 Å². The number of amides is 1. The van der Waals surface area contributed by atoms with Crippen molar-refractivity contribution < 1.29 is 14.7 Å². The van der Waals surface area contributed by atoms with E-state index in [1.165, 1.54) is 0 Å². The number of aliphatic carboxylic acids is 1. The van der Waals surface area contributed by atoms with Crippen LogP contribution in [0.4, 0.5) is 5.69 Å². The molecule has 3 atom stereocenters. The molecule has 2 rings (SSSR count). The molecule has 1 aromatic carbocycles. The van der Waals surface area contributed by atoms with E-state index in [1.807, 2.05) is 45.9 Å². The van der Waals surface area contributed by atoms with Gasteiger partial charge in [-0.25, -0.2) is 0 Å². The van der Waals surface area contributed by atoms with Crippen LogP contribution >= 0.6 is 0 Å². The van der Waals surface area contributed by atoms with Gasteiger partial charge in [-0.3, -0.25) is 9.59 Å². The van der Waals surface area contributed by atoms with Crippen LogP contribution in [-0.2, 0) is 9.59 Å². The molecule has 1 N–H and O–H groups in total. The number of benzene rings is 1. The zero-order valence-electron chi connectivity index (χ0n) is 12.4. The van der Waals surface area contributed by atoms with Gasteiger partial charge >= 0.3 is 5.97 Å². The minimum Gasteiger partial charge on any atom is -0.481 e. The number of hydrogen-bond acceptors (Lipinski definition) is 2. The molecule has 1 aliphatic heterocycles. The molecule has 1 amide bonds. The van der Waals surface area contributed by atoms with E-state index >= 15 is 0 Å². The monoisotopic (exact) mass is 275 g/mol. The fourth-order valence-corrected chi connectivity index (χ4v) is 3.28. The van der Waals surface area contributed by atoms with Crippen LogP contribution in [0.15, 0.2) is 18.2 Å². The Balaban J connectivity index is 2.43. The third-order valence-corrected chi connectivity index (χ3v) is 4.08. The van der Waals surface area contributed by atoms with Crippen LogP contribution in [-0.4, -0.2) is 23.0 Å². The van der Waals surface area contributed by atoms with Crippen molar-refractivity contribution in [2.24, 2.45) is 11.8 Å². The highest BCUT2D eigenvalue weighted by Gasteiger charge is 2.42. The van der Waals surface area contributed by atoms with E-state index < -0.39 is 11.9 Å². The average Bonchev–Trinajstić information content (AvgIpc) is 2.25. The first kappa shape index (κ1) is 14.6. The molecule has 0 bridgehead atoms. The maximum Gasteiger partial charge on any atom is 0.308 e. The van der Waals surface area contributed by atoms with E-state index in [4.69, 9.17) is 0 Å². The molecule has 1 saturated heterocycles. The highest BCUT2D eigenvalue weighted by Crippen LogP contribution is 2.34. The van der Waals surface area contributed by atoms with Crippen molar-refractivity contribution in [2.75, 3.05) is 4.90 Å². The smallest absolute Gasteiger partial charge is 0.308 e. The van der Waals surface area contributed by atoms with Gasteiger partial charge in [0.15, 0.2) is 0 Å². The van der Waals surface area contributed by atoms with Gasteiger partial charge in [-0.1, -0.05) is 13.0 Å².